The van der Waals surface area contributed by atoms with Crippen LogP contribution in [-0.2, 0) is 4.79 Å². The fraction of sp³-hybridized carbons (Fsp3) is 0.983. The molecule has 7 fully saturated rings. The minimum absolute atomic E-state index is 0.321. The van der Waals surface area contributed by atoms with E-state index in [0.717, 1.165) is 42.3 Å². The average Bonchev–Trinajstić information content (AvgIpc) is 3.23. The molecular formula is C58H108OS. The number of unbranched alkanes of at least 4 members (excludes halogenated alkanes) is 1. The van der Waals surface area contributed by atoms with Gasteiger partial charge in [0.15, 0.2) is 5.12 Å². The predicted octanol–water partition coefficient (Wildman–Crippen LogP) is 20.2. The van der Waals surface area contributed by atoms with Crippen LogP contribution in [0.5, 0.6) is 0 Å². The number of carbonyl (C=O) groups excluding carboxylic acids is 1. The molecule has 0 aromatic rings. The Balaban J connectivity index is 1.44. The van der Waals surface area contributed by atoms with Gasteiger partial charge in [-0.15, -0.1) is 0 Å². The van der Waals surface area contributed by atoms with Crippen LogP contribution in [0, 0.1) is 46.3 Å². The van der Waals surface area contributed by atoms with E-state index in [1.807, 2.05) is 0 Å². The maximum atomic E-state index is 14.0. The van der Waals surface area contributed by atoms with Gasteiger partial charge in [-0.3, -0.25) is 4.79 Å². The zero-order valence-electron chi connectivity index (χ0n) is 41.6. The van der Waals surface area contributed by atoms with Gasteiger partial charge in [0, 0.05) is 11.7 Å². The van der Waals surface area contributed by atoms with E-state index in [9.17, 15) is 4.79 Å². The Labute approximate surface area is 382 Å². The lowest BCUT2D eigenvalue weighted by molar-refractivity contribution is -0.115. The summed E-state index contributed by atoms with van der Waals surface area (Å²) in [5.74, 6) is 5.98. The molecule has 0 radical (unpaired) electrons. The normalized spacial score (nSPS) is 33.9. The summed E-state index contributed by atoms with van der Waals surface area (Å²) in [6, 6.07) is 0. The Morgan fingerprint density at radius 3 is 1.48 bits per heavy atom. The number of hydrogen-bond donors (Lipinski definition) is 0. The molecule has 4 bridgehead atoms. The zero-order valence-corrected chi connectivity index (χ0v) is 42.4. The van der Waals surface area contributed by atoms with Crippen LogP contribution >= 0.6 is 11.8 Å². The molecule has 7 rings (SSSR count). The molecule has 2 atom stereocenters. The van der Waals surface area contributed by atoms with E-state index in [2.05, 4.69) is 27.7 Å². The number of thioether (sulfide) groups is 1. The van der Waals surface area contributed by atoms with Crippen molar-refractivity contribution >= 4 is 16.9 Å². The van der Waals surface area contributed by atoms with Crippen molar-refractivity contribution in [3.63, 3.8) is 0 Å². The summed E-state index contributed by atoms with van der Waals surface area (Å²) in [5.41, 5.74) is 1.07. The highest BCUT2D eigenvalue weighted by atomic mass is 32.2. The van der Waals surface area contributed by atoms with Crippen molar-refractivity contribution in [3.8, 4) is 0 Å². The van der Waals surface area contributed by atoms with Gasteiger partial charge in [-0.05, 0) is 98.2 Å². The molecule has 1 unspecified atom stereocenters. The largest absolute Gasteiger partial charge is 0.287 e. The Bertz CT molecular complexity index is 1010. The smallest absolute Gasteiger partial charge is 0.192 e. The van der Waals surface area contributed by atoms with Crippen molar-refractivity contribution in [1.82, 2.24) is 0 Å². The SMILES string of the molecule is CCCC[C@H](C)CCCC1CCCC2(CCCC3CCCCCCCC(CCCCCCC3)CCCCCCC3(CC)CCCC(CCC3)C(=O)SCC(CC)C2)CCC1. The molecule has 1 spiro atoms. The lowest BCUT2D eigenvalue weighted by atomic mass is 9.66. The van der Waals surface area contributed by atoms with Crippen molar-refractivity contribution in [2.45, 2.75) is 310 Å². The first-order valence-electron chi connectivity index (χ1n) is 28.5. The molecule has 3 saturated carbocycles. The lowest BCUT2D eigenvalue weighted by Crippen LogP contribution is -2.28. The monoisotopic (exact) mass is 853 g/mol. The highest BCUT2D eigenvalue weighted by Crippen LogP contribution is 2.48. The quantitative estimate of drug-likeness (QED) is 0.230. The molecule has 0 N–H and O–H groups in total. The van der Waals surface area contributed by atoms with Gasteiger partial charge < -0.3 is 0 Å². The third-order valence-electron chi connectivity index (χ3n) is 18.2. The summed E-state index contributed by atoms with van der Waals surface area (Å²) >= 11 is 1.80. The summed E-state index contributed by atoms with van der Waals surface area (Å²) in [7, 11) is 0. The second-order valence-electron chi connectivity index (χ2n) is 23.0. The first-order chi connectivity index (χ1) is 29.4. The van der Waals surface area contributed by atoms with Gasteiger partial charge in [-0.2, -0.15) is 0 Å². The minimum Gasteiger partial charge on any atom is -0.287 e. The van der Waals surface area contributed by atoms with Gasteiger partial charge >= 0.3 is 0 Å². The Morgan fingerprint density at radius 1 is 0.517 bits per heavy atom. The number of hydrogen-bond acceptors (Lipinski definition) is 2. The van der Waals surface area contributed by atoms with Crippen LogP contribution < -0.4 is 0 Å². The summed E-state index contributed by atoms with van der Waals surface area (Å²) < 4.78 is 0. The fourth-order valence-electron chi connectivity index (χ4n) is 13.8. The number of carbonyl (C=O) groups is 1. The van der Waals surface area contributed by atoms with Crippen molar-refractivity contribution < 1.29 is 4.79 Å². The molecule has 7 aliphatic rings. The molecular weight excluding hydrogens is 745 g/mol. The summed E-state index contributed by atoms with van der Waals surface area (Å²) in [4.78, 5) is 14.0. The molecule has 3 aliphatic carbocycles. The van der Waals surface area contributed by atoms with E-state index in [4.69, 9.17) is 0 Å². The third-order valence-corrected chi connectivity index (χ3v) is 19.5. The Morgan fingerprint density at radius 2 is 0.967 bits per heavy atom. The highest BCUT2D eigenvalue weighted by Gasteiger charge is 2.35. The molecule has 0 aromatic heterocycles. The van der Waals surface area contributed by atoms with E-state index in [1.54, 1.807) is 11.8 Å². The van der Waals surface area contributed by atoms with E-state index in [0.29, 0.717) is 27.8 Å². The molecule has 60 heavy (non-hydrogen) atoms. The van der Waals surface area contributed by atoms with Crippen LogP contribution in [0.2, 0.25) is 0 Å². The summed E-state index contributed by atoms with van der Waals surface area (Å²) in [6.07, 6.45) is 63.3. The van der Waals surface area contributed by atoms with Gasteiger partial charge in [-0.1, -0.05) is 264 Å². The van der Waals surface area contributed by atoms with Gasteiger partial charge in [0.2, 0.25) is 0 Å². The van der Waals surface area contributed by atoms with E-state index < -0.39 is 0 Å². The van der Waals surface area contributed by atoms with Crippen LogP contribution in [0.15, 0.2) is 0 Å². The van der Waals surface area contributed by atoms with Gasteiger partial charge in [-0.25, -0.2) is 0 Å². The molecule has 4 aliphatic heterocycles. The second kappa shape index (κ2) is 31.8. The van der Waals surface area contributed by atoms with Gasteiger partial charge in [0.25, 0.3) is 0 Å². The van der Waals surface area contributed by atoms with Gasteiger partial charge in [0.1, 0.15) is 0 Å². The second-order valence-corrected chi connectivity index (χ2v) is 24.1. The van der Waals surface area contributed by atoms with Crippen molar-refractivity contribution in [3.05, 3.63) is 0 Å². The molecule has 4 heterocycles. The van der Waals surface area contributed by atoms with E-state index >= 15 is 0 Å². The third kappa shape index (κ3) is 21.3. The molecule has 4 saturated heterocycles. The van der Waals surface area contributed by atoms with Crippen molar-refractivity contribution in [1.29, 1.82) is 0 Å². The van der Waals surface area contributed by atoms with Crippen molar-refractivity contribution in [2.24, 2.45) is 46.3 Å². The van der Waals surface area contributed by atoms with Crippen LogP contribution in [0.3, 0.4) is 0 Å². The van der Waals surface area contributed by atoms with E-state index in [1.165, 1.54) is 270 Å². The Hall–Kier alpha value is 0.0200. The van der Waals surface area contributed by atoms with Crippen molar-refractivity contribution in [2.75, 3.05) is 5.75 Å². The summed E-state index contributed by atoms with van der Waals surface area (Å²) in [5, 5.41) is 0.574. The minimum atomic E-state index is 0.321. The number of rotatable bonds is 9. The highest BCUT2D eigenvalue weighted by molar-refractivity contribution is 8.13. The molecule has 0 aromatic carbocycles. The van der Waals surface area contributed by atoms with Crippen LogP contribution in [0.25, 0.3) is 0 Å². The molecule has 352 valence electrons. The first-order valence-corrected chi connectivity index (χ1v) is 29.5. The predicted molar refractivity (Wildman–Crippen MR) is 269 cm³/mol. The lowest BCUT2D eigenvalue weighted by Gasteiger charge is -2.40. The Kier molecular flexibility index (Phi) is 27.9. The fourth-order valence-corrected chi connectivity index (χ4v) is 15.0. The average molecular weight is 854 g/mol. The molecule has 0 amide bonds. The van der Waals surface area contributed by atoms with Gasteiger partial charge in [0.05, 0.1) is 0 Å². The molecule has 2 heteroatoms. The van der Waals surface area contributed by atoms with Crippen LogP contribution in [-0.4, -0.2) is 10.9 Å². The molecule has 1 nitrogen and oxygen atoms in total. The first kappa shape index (κ1) is 52.6. The maximum Gasteiger partial charge on any atom is 0.192 e. The van der Waals surface area contributed by atoms with E-state index in [-0.39, 0.29) is 0 Å². The summed E-state index contributed by atoms with van der Waals surface area (Å²) in [6.45, 7) is 9.81. The van der Waals surface area contributed by atoms with Crippen LogP contribution in [0.4, 0.5) is 0 Å². The standard InChI is InChI=1S/C58H108OS/c1-5-8-29-50(4)30-23-36-54-38-25-46-58(47-26-39-54)45-24-37-53-34-19-13-9-11-17-31-52(32-18-12-10-14-20-35-53)33-21-15-16-22-42-57(7-3)43-27-40-55(41-28-44-57)56(59)60-49-51(6-2)48-58/h50-55H,5-49H2,1-4H3/t50-,51?,52?,53?,54?,55?,57?,58?/m0/s1. The maximum absolute atomic E-state index is 14.0. The zero-order chi connectivity index (χ0) is 42.6. The topological polar surface area (TPSA) is 17.1 Å². The van der Waals surface area contributed by atoms with Crippen LogP contribution in [0.1, 0.15) is 310 Å².